The van der Waals surface area contributed by atoms with Gasteiger partial charge in [-0.05, 0) is 25.1 Å². The Labute approximate surface area is 80.5 Å². The fourth-order valence-corrected chi connectivity index (χ4v) is 1.15. The average molecular weight is 190 g/mol. The van der Waals surface area contributed by atoms with Gasteiger partial charge >= 0.3 is 5.97 Å². The molecule has 0 aliphatic heterocycles. The normalized spacial score (nSPS) is 10.4. The maximum absolute atomic E-state index is 11.3. The van der Waals surface area contributed by atoms with Crippen LogP contribution in [-0.2, 0) is 4.74 Å². The predicted molar refractivity (Wildman–Crippen MR) is 48.8 cm³/mol. The summed E-state index contributed by atoms with van der Waals surface area (Å²) in [6, 6.07) is 4.93. The number of oxazole rings is 1. The third kappa shape index (κ3) is 1.46. The van der Waals surface area contributed by atoms with E-state index in [0.717, 1.165) is 0 Å². The Morgan fingerprint density at radius 2 is 2.50 bits per heavy atom. The zero-order valence-corrected chi connectivity index (χ0v) is 7.61. The lowest BCUT2D eigenvalue weighted by Gasteiger charge is -2.00. The summed E-state index contributed by atoms with van der Waals surface area (Å²) in [5, 5.41) is 0. The highest BCUT2D eigenvalue weighted by atomic mass is 16.5. The number of benzene rings is 1. The first kappa shape index (κ1) is 8.74. The van der Waals surface area contributed by atoms with Crippen molar-refractivity contribution in [1.82, 2.24) is 4.98 Å². The summed E-state index contributed by atoms with van der Waals surface area (Å²) >= 11 is 0. The van der Waals surface area contributed by atoms with Crippen molar-refractivity contribution in [1.29, 1.82) is 0 Å². The molecule has 1 aromatic heterocycles. The number of hydrogen-bond acceptors (Lipinski definition) is 4. The zero-order chi connectivity index (χ0) is 9.97. The summed E-state index contributed by atoms with van der Waals surface area (Å²) in [6.45, 7) is 2.13. The first-order chi connectivity index (χ1) is 6.81. The van der Waals surface area contributed by atoms with Gasteiger partial charge in [0.1, 0.15) is 5.52 Å². The minimum absolute atomic E-state index is 0.350. The molecule has 1 radical (unpaired) electrons. The van der Waals surface area contributed by atoms with Gasteiger partial charge in [0.25, 0.3) is 6.39 Å². The van der Waals surface area contributed by atoms with Crippen LogP contribution >= 0.6 is 0 Å². The quantitative estimate of drug-likeness (QED) is 0.677. The van der Waals surface area contributed by atoms with Gasteiger partial charge in [-0.15, -0.1) is 0 Å². The van der Waals surface area contributed by atoms with E-state index < -0.39 is 0 Å². The van der Waals surface area contributed by atoms with Gasteiger partial charge in [0.05, 0.1) is 12.2 Å². The molecule has 1 heterocycles. The van der Waals surface area contributed by atoms with Crippen molar-refractivity contribution in [3.63, 3.8) is 0 Å². The maximum Gasteiger partial charge on any atom is 0.338 e. The van der Waals surface area contributed by atoms with Crippen LogP contribution in [0, 0.1) is 6.39 Å². The molecule has 0 bridgehead atoms. The Morgan fingerprint density at radius 3 is 3.29 bits per heavy atom. The molecule has 2 aromatic rings. The van der Waals surface area contributed by atoms with E-state index in [1.807, 2.05) is 0 Å². The maximum atomic E-state index is 11.3. The zero-order valence-electron chi connectivity index (χ0n) is 7.61. The molecule has 0 saturated heterocycles. The topological polar surface area (TPSA) is 52.3 Å². The number of hydrogen-bond donors (Lipinski definition) is 0. The summed E-state index contributed by atoms with van der Waals surface area (Å²) in [7, 11) is 0. The van der Waals surface area contributed by atoms with Gasteiger partial charge in [0.15, 0.2) is 5.58 Å². The SMILES string of the molecule is CCOC(=O)c1ccc2o[c]nc2c1. The molecule has 1 aromatic carbocycles. The van der Waals surface area contributed by atoms with Gasteiger partial charge in [0, 0.05) is 0 Å². The molecular formula is C10H8NO3. The highest BCUT2D eigenvalue weighted by molar-refractivity contribution is 5.93. The third-order valence-electron chi connectivity index (χ3n) is 1.79. The first-order valence-electron chi connectivity index (χ1n) is 4.25. The summed E-state index contributed by atoms with van der Waals surface area (Å²) in [4.78, 5) is 15.1. The minimum Gasteiger partial charge on any atom is -0.462 e. The van der Waals surface area contributed by atoms with E-state index in [1.165, 1.54) is 0 Å². The van der Waals surface area contributed by atoms with E-state index in [-0.39, 0.29) is 5.97 Å². The predicted octanol–water partition coefficient (Wildman–Crippen LogP) is 1.80. The van der Waals surface area contributed by atoms with Gasteiger partial charge in [0.2, 0.25) is 0 Å². The van der Waals surface area contributed by atoms with Gasteiger partial charge in [-0.3, -0.25) is 0 Å². The number of carbonyl (C=O) groups is 1. The van der Waals surface area contributed by atoms with Gasteiger partial charge in [-0.1, -0.05) is 0 Å². The Hall–Kier alpha value is -1.84. The molecule has 0 aliphatic rings. The second-order valence-electron chi connectivity index (χ2n) is 2.71. The lowest BCUT2D eigenvalue weighted by Crippen LogP contribution is -2.03. The van der Waals surface area contributed by atoms with Crippen LogP contribution in [0.15, 0.2) is 22.6 Å². The van der Waals surface area contributed by atoms with Gasteiger partial charge in [-0.2, -0.15) is 0 Å². The lowest BCUT2D eigenvalue weighted by atomic mass is 10.2. The molecule has 71 valence electrons. The van der Waals surface area contributed by atoms with Crippen molar-refractivity contribution in [2.45, 2.75) is 6.92 Å². The van der Waals surface area contributed by atoms with E-state index >= 15 is 0 Å². The Balaban J connectivity index is 2.38. The standard InChI is InChI=1S/C10H8NO3/c1-2-13-10(12)7-3-4-9-8(5-7)11-6-14-9/h3-5H,2H2,1H3. The van der Waals surface area contributed by atoms with Gasteiger partial charge in [-0.25, -0.2) is 9.78 Å². The molecule has 4 nitrogen and oxygen atoms in total. The number of esters is 1. The average Bonchev–Trinajstić information content (AvgIpc) is 2.64. The number of carbonyl (C=O) groups excluding carboxylic acids is 1. The third-order valence-corrected chi connectivity index (χ3v) is 1.79. The molecule has 0 unspecified atom stereocenters. The summed E-state index contributed by atoms with van der Waals surface area (Å²) in [6.07, 6.45) is 2.36. The molecular weight excluding hydrogens is 182 g/mol. The van der Waals surface area contributed by atoms with Crippen molar-refractivity contribution >= 4 is 17.1 Å². The molecule has 4 heteroatoms. The highest BCUT2D eigenvalue weighted by Crippen LogP contribution is 2.14. The second-order valence-corrected chi connectivity index (χ2v) is 2.71. The van der Waals surface area contributed by atoms with Crippen LogP contribution < -0.4 is 0 Å². The highest BCUT2D eigenvalue weighted by Gasteiger charge is 2.08. The monoisotopic (exact) mass is 190 g/mol. The molecule has 0 spiro atoms. The molecule has 0 fully saturated rings. The van der Waals surface area contributed by atoms with Crippen LogP contribution in [0.4, 0.5) is 0 Å². The molecule has 0 atom stereocenters. The summed E-state index contributed by atoms with van der Waals surface area (Å²) in [5.74, 6) is -0.350. The summed E-state index contributed by atoms with van der Waals surface area (Å²) in [5.41, 5.74) is 1.69. The van der Waals surface area contributed by atoms with Crippen LogP contribution in [0.1, 0.15) is 17.3 Å². The lowest BCUT2D eigenvalue weighted by molar-refractivity contribution is 0.0526. The summed E-state index contributed by atoms with van der Waals surface area (Å²) < 4.78 is 9.77. The van der Waals surface area contributed by atoms with Gasteiger partial charge < -0.3 is 9.15 Å². The molecule has 0 amide bonds. The largest absolute Gasteiger partial charge is 0.462 e. The Morgan fingerprint density at radius 1 is 1.64 bits per heavy atom. The smallest absolute Gasteiger partial charge is 0.338 e. The number of fused-ring (bicyclic) bond motifs is 1. The minimum atomic E-state index is -0.350. The van der Waals surface area contributed by atoms with Crippen LogP contribution in [0.25, 0.3) is 11.1 Å². The molecule has 2 rings (SSSR count). The molecule has 0 aliphatic carbocycles. The van der Waals surface area contributed by atoms with E-state index in [1.54, 1.807) is 25.1 Å². The fraction of sp³-hybridized carbons (Fsp3) is 0.200. The fourth-order valence-electron chi connectivity index (χ4n) is 1.15. The van der Waals surface area contributed by atoms with Crippen LogP contribution in [0.5, 0.6) is 0 Å². The molecule has 0 saturated carbocycles. The Bertz CT molecular complexity index is 461. The van der Waals surface area contributed by atoms with E-state index in [0.29, 0.717) is 23.3 Å². The van der Waals surface area contributed by atoms with Crippen LogP contribution in [0.2, 0.25) is 0 Å². The van der Waals surface area contributed by atoms with Crippen molar-refractivity contribution < 1.29 is 13.9 Å². The molecule has 14 heavy (non-hydrogen) atoms. The van der Waals surface area contributed by atoms with Crippen LogP contribution in [-0.4, -0.2) is 17.6 Å². The van der Waals surface area contributed by atoms with Crippen molar-refractivity contribution in [3.8, 4) is 0 Å². The number of aromatic nitrogens is 1. The molecule has 0 N–H and O–H groups in total. The van der Waals surface area contributed by atoms with E-state index in [4.69, 9.17) is 9.15 Å². The van der Waals surface area contributed by atoms with E-state index in [2.05, 4.69) is 11.4 Å². The van der Waals surface area contributed by atoms with E-state index in [9.17, 15) is 4.79 Å². The van der Waals surface area contributed by atoms with Crippen molar-refractivity contribution in [2.75, 3.05) is 6.61 Å². The Kier molecular flexibility index (Phi) is 2.18. The number of rotatable bonds is 2. The number of nitrogens with zero attached hydrogens (tertiary/aromatic N) is 1. The number of ether oxygens (including phenoxy) is 1. The van der Waals surface area contributed by atoms with Crippen molar-refractivity contribution in [2.24, 2.45) is 0 Å². The second kappa shape index (κ2) is 3.49. The van der Waals surface area contributed by atoms with Crippen LogP contribution in [0.3, 0.4) is 0 Å². The van der Waals surface area contributed by atoms with Crippen molar-refractivity contribution in [3.05, 3.63) is 30.2 Å². The first-order valence-corrected chi connectivity index (χ1v) is 4.25.